The number of rotatable bonds is 5. The van der Waals surface area contributed by atoms with Crippen molar-refractivity contribution in [2.75, 3.05) is 31.1 Å². The van der Waals surface area contributed by atoms with E-state index in [1.807, 2.05) is 0 Å². The van der Waals surface area contributed by atoms with Gasteiger partial charge in [0.2, 0.25) is 0 Å². The molecule has 0 aromatic carbocycles. The zero-order chi connectivity index (χ0) is 14.7. The van der Waals surface area contributed by atoms with E-state index in [0.29, 0.717) is 0 Å². The molecule has 1 unspecified atom stereocenters. The molecule has 114 valence electrons. The summed E-state index contributed by atoms with van der Waals surface area (Å²) in [6, 6.07) is 2.27. The highest BCUT2D eigenvalue weighted by Gasteiger charge is 2.19. The molecule has 1 fully saturated rings. The predicted octanol–water partition coefficient (Wildman–Crippen LogP) is 3.08. The normalized spacial score (nSPS) is 19.0. The van der Waals surface area contributed by atoms with Crippen molar-refractivity contribution in [2.24, 2.45) is 5.92 Å². The average molecular weight is 304 g/mol. The van der Waals surface area contributed by atoms with Gasteiger partial charge >= 0.3 is 0 Å². The zero-order valence-corrected chi connectivity index (χ0v) is 13.7. The SMILES string of the molecule is CCc1cc2c(N(CC)CC3CCCNC3)ncnc2s1. The predicted molar refractivity (Wildman–Crippen MR) is 90.3 cm³/mol. The molecule has 4 nitrogen and oxygen atoms in total. The molecule has 1 aliphatic heterocycles. The van der Waals surface area contributed by atoms with Gasteiger partial charge in [0.05, 0.1) is 5.39 Å². The van der Waals surface area contributed by atoms with Gasteiger partial charge in [-0.2, -0.15) is 0 Å². The van der Waals surface area contributed by atoms with E-state index in [2.05, 4.69) is 40.1 Å². The fourth-order valence-electron chi connectivity index (χ4n) is 3.08. The van der Waals surface area contributed by atoms with Gasteiger partial charge in [0.25, 0.3) is 0 Å². The Balaban J connectivity index is 1.87. The van der Waals surface area contributed by atoms with E-state index >= 15 is 0 Å². The largest absolute Gasteiger partial charge is 0.356 e. The molecule has 1 atom stereocenters. The van der Waals surface area contributed by atoms with Gasteiger partial charge in [-0.05, 0) is 51.3 Å². The van der Waals surface area contributed by atoms with E-state index in [9.17, 15) is 0 Å². The summed E-state index contributed by atoms with van der Waals surface area (Å²) in [4.78, 5) is 14.0. The zero-order valence-electron chi connectivity index (χ0n) is 12.9. The first kappa shape index (κ1) is 14.7. The Morgan fingerprint density at radius 3 is 3.00 bits per heavy atom. The molecular formula is C16H24N4S. The maximum atomic E-state index is 4.59. The van der Waals surface area contributed by atoms with Crippen molar-refractivity contribution in [1.29, 1.82) is 0 Å². The minimum atomic E-state index is 0.730. The molecular weight excluding hydrogens is 280 g/mol. The van der Waals surface area contributed by atoms with E-state index in [0.717, 1.165) is 42.6 Å². The van der Waals surface area contributed by atoms with Crippen LogP contribution in [0, 0.1) is 5.92 Å². The number of anilines is 1. The first-order valence-corrected chi connectivity index (χ1v) is 8.82. The van der Waals surface area contributed by atoms with E-state index in [4.69, 9.17) is 0 Å². The van der Waals surface area contributed by atoms with Crippen LogP contribution in [0.5, 0.6) is 0 Å². The Hall–Kier alpha value is -1.20. The van der Waals surface area contributed by atoms with Crippen molar-refractivity contribution in [3.05, 3.63) is 17.3 Å². The van der Waals surface area contributed by atoms with Crippen LogP contribution in [0.4, 0.5) is 5.82 Å². The molecule has 5 heteroatoms. The fraction of sp³-hybridized carbons (Fsp3) is 0.625. The van der Waals surface area contributed by atoms with Crippen LogP contribution in [0.2, 0.25) is 0 Å². The molecule has 21 heavy (non-hydrogen) atoms. The molecule has 0 aliphatic carbocycles. The van der Waals surface area contributed by atoms with Crippen LogP contribution in [0.3, 0.4) is 0 Å². The molecule has 1 saturated heterocycles. The van der Waals surface area contributed by atoms with Crippen LogP contribution in [0.25, 0.3) is 10.2 Å². The highest BCUT2D eigenvalue weighted by molar-refractivity contribution is 7.18. The van der Waals surface area contributed by atoms with Gasteiger partial charge in [0, 0.05) is 18.0 Å². The van der Waals surface area contributed by atoms with Gasteiger partial charge in [-0.3, -0.25) is 0 Å². The topological polar surface area (TPSA) is 41.0 Å². The number of aromatic nitrogens is 2. The Labute approximate surface area is 130 Å². The molecule has 0 bridgehead atoms. The number of hydrogen-bond donors (Lipinski definition) is 1. The average Bonchev–Trinajstić information content (AvgIpc) is 2.97. The molecule has 0 amide bonds. The summed E-state index contributed by atoms with van der Waals surface area (Å²) < 4.78 is 0. The van der Waals surface area contributed by atoms with Gasteiger partial charge < -0.3 is 10.2 Å². The van der Waals surface area contributed by atoms with Gasteiger partial charge in [0.1, 0.15) is 17.0 Å². The Kier molecular flexibility index (Phi) is 4.70. The lowest BCUT2D eigenvalue weighted by Crippen LogP contribution is -2.38. The number of piperidine rings is 1. The fourth-order valence-corrected chi connectivity index (χ4v) is 4.01. The molecule has 3 heterocycles. The molecule has 2 aromatic heterocycles. The minimum absolute atomic E-state index is 0.730. The van der Waals surface area contributed by atoms with Gasteiger partial charge in [-0.1, -0.05) is 6.92 Å². The van der Waals surface area contributed by atoms with Crippen molar-refractivity contribution in [3.8, 4) is 0 Å². The highest BCUT2D eigenvalue weighted by atomic mass is 32.1. The lowest BCUT2D eigenvalue weighted by Gasteiger charge is -2.30. The standard InChI is InChI=1S/C16H24N4S/c1-3-13-8-14-15(18-11-19-16(14)21-13)20(4-2)10-12-6-5-7-17-9-12/h8,11-12,17H,3-7,9-10H2,1-2H3. The number of hydrogen-bond acceptors (Lipinski definition) is 5. The maximum absolute atomic E-state index is 4.59. The quantitative estimate of drug-likeness (QED) is 0.921. The molecule has 0 spiro atoms. The van der Waals surface area contributed by atoms with Crippen molar-refractivity contribution < 1.29 is 0 Å². The highest BCUT2D eigenvalue weighted by Crippen LogP contribution is 2.31. The number of nitrogens with one attached hydrogen (secondary N) is 1. The van der Waals surface area contributed by atoms with E-state index in [1.165, 1.54) is 29.6 Å². The Morgan fingerprint density at radius 2 is 2.29 bits per heavy atom. The van der Waals surface area contributed by atoms with Crippen molar-refractivity contribution in [3.63, 3.8) is 0 Å². The first-order valence-electron chi connectivity index (χ1n) is 8.00. The number of thiophene rings is 1. The second-order valence-corrected chi connectivity index (χ2v) is 6.85. The summed E-state index contributed by atoms with van der Waals surface area (Å²) in [6.07, 6.45) is 5.40. The second kappa shape index (κ2) is 6.71. The van der Waals surface area contributed by atoms with Gasteiger partial charge in [0.15, 0.2) is 0 Å². The van der Waals surface area contributed by atoms with Crippen LogP contribution in [-0.4, -0.2) is 36.1 Å². The summed E-state index contributed by atoms with van der Waals surface area (Å²) in [5.41, 5.74) is 0. The molecule has 0 saturated carbocycles. The van der Waals surface area contributed by atoms with Crippen molar-refractivity contribution >= 4 is 27.4 Å². The lowest BCUT2D eigenvalue weighted by atomic mass is 9.99. The number of nitrogens with zero attached hydrogens (tertiary/aromatic N) is 3. The van der Waals surface area contributed by atoms with Crippen molar-refractivity contribution in [2.45, 2.75) is 33.1 Å². The summed E-state index contributed by atoms with van der Waals surface area (Å²) >= 11 is 1.80. The Morgan fingerprint density at radius 1 is 1.38 bits per heavy atom. The maximum Gasteiger partial charge on any atom is 0.140 e. The summed E-state index contributed by atoms with van der Waals surface area (Å²) in [7, 11) is 0. The summed E-state index contributed by atoms with van der Waals surface area (Å²) in [5, 5.41) is 4.74. The van der Waals surface area contributed by atoms with E-state index in [-0.39, 0.29) is 0 Å². The lowest BCUT2D eigenvalue weighted by molar-refractivity contribution is 0.377. The molecule has 3 rings (SSSR count). The van der Waals surface area contributed by atoms with E-state index in [1.54, 1.807) is 17.7 Å². The molecule has 0 radical (unpaired) electrons. The van der Waals surface area contributed by atoms with Gasteiger partial charge in [-0.25, -0.2) is 9.97 Å². The van der Waals surface area contributed by atoms with E-state index < -0.39 is 0 Å². The van der Waals surface area contributed by atoms with Crippen LogP contribution < -0.4 is 10.2 Å². The summed E-state index contributed by atoms with van der Waals surface area (Å²) in [5.74, 6) is 1.84. The van der Waals surface area contributed by atoms with Crippen LogP contribution in [0.15, 0.2) is 12.4 Å². The third-order valence-corrected chi connectivity index (χ3v) is 5.45. The third kappa shape index (κ3) is 3.19. The minimum Gasteiger partial charge on any atom is -0.356 e. The molecule has 1 aliphatic rings. The first-order chi connectivity index (χ1) is 10.3. The third-order valence-electron chi connectivity index (χ3n) is 4.27. The van der Waals surface area contributed by atoms with Crippen LogP contribution in [-0.2, 0) is 6.42 Å². The van der Waals surface area contributed by atoms with Crippen molar-refractivity contribution in [1.82, 2.24) is 15.3 Å². The van der Waals surface area contributed by atoms with Crippen LogP contribution in [0.1, 0.15) is 31.6 Å². The summed E-state index contributed by atoms with van der Waals surface area (Å²) in [6.45, 7) is 8.81. The Bertz CT molecular complexity index is 589. The molecule has 1 N–H and O–H groups in total. The second-order valence-electron chi connectivity index (χ2n) is 5.73. The monoisotopic (exact) mass is 304 g/mol. The molecule has 2 aromatic rings. The number of aryl methyl sites for hydroxylation is 1. The van der Waals surface area contributed by atoms with Crippen LogP contribution >= 0.6 is 11.3 Å². The number of fused-ring (bicyclic) bond motifs is 1. The van der Waals surface area contributed by atoms with Gasteiger partial charge in [-0.15, -0.1) is 11.3 Å². The smallest absolute Gasteiger partial charge is 0.140 e.